The summed E-state index contributed by atoms with van der Waals surface area (Å²) in [5.74, 6) is -1.34. The van der Waals surface area contributed by atoms with E-state index >= 15 is 0 Å². The Morgan fingerprint density at radius 3 is 2.54 bits per heavy atom. The van der Waals surface area contributed by atoms with Crippen LogP contribution in [0, 0.1) is 11.3 Å². The number of hydrogen-bond acceptors (Lipinski definition) is 5. The molecule has 1 heterocycles. The Labute approximate surface area is 162 Å². The first-order chi connectivity index (χ1) is 13.0. The van der Waals surface area contributed by atoms with E-state index in [9.17, 15) is 22.4 Å². The van der Waals surface area contributed by atoms with Gasteiger partial charge >= 0.3 is 6.09 Å². The quantitative estimate of drug-likeness (QED) is 0.730. The summed E-state index contributed by atoms with van der Waals surface area (Å²) in [5, 5.41) is 20.3. The van der Waals surface area contributed by atoms with Gasteiger partial charge in [-0.25, -0.2) is 17.6 Å². The zero-order chi connectivity index (χ0) is 21.1. The summed E-state index contributed by atoms with van der Waals surface area (Å²) in [5.41, 5.74) is 0.483. The Morgan fingerprint density at radius 2 is 2.00 bits per heavy atom. The maximum Gasteiger partial charge on any atom is 0.405 e. The van der Waals surface area contributed by atoms with Crippen LogP contribution >= 0.6 is 0 Å². The van der Waals surface area contributed by atoms with Crippen molar-refractivity contribution in [3.63, 3.8) is 0 Å². The number of nitrogens with zero attached hydrogens (tertiary/aromatic N) is 2. The second-order valence-electron chi connectivity index (χ2n) is 7.20. The Bertz CT molecular complexity index is 882. The Balaban J connectivity index is 2.38. The van der Waals surface area contributed by atoms with Crippen molar-refractivity contribution in [2.24, 2.45) is 0 Å². The van der Waals surface area contributed by atoms with E-state index in [2.05, 4.69) is 0 Å². The predicted molar refractivity (Wildman–Crippen MR) is 98.7 cm³/mol. The summed E-state index contributed by atoms with van der Waals surface area (Å²) in [6.07, 6.45) is -3.21. The number of benzene rings is 1. The third-order valence-corrected chi connectivity index (χ3v) is 7.45. The fourth-order valence-electron chi connectivity index (χ4n) is 3.13. The van der Waals surface area contributed by atoms with E-state index in [4.69, 9.17) is 10.4 Å². The predicted octanol–water partition coefficient (Wildman–Crippen LogP) is 1.48. The van der Waals surface area contributed by atoms with Gasteiger partial charge < -0.3 is 15.3 Å². The van der Waals surface area contributed by atoms with Crippen molar-refractivity contribution in [2.75, 3.05) is 6.54 Å². The number of nitriles is 1. The normalized spacial score (nSPS) is 21.0. The van der Waals surface area contributed by atoms with Crippen LogP contribution < -0.4 is 5.32 Å². The lowest BCUT2D eigenvalue weighted by Crippen LogP contribution is -2.61. The number of carboxylic acid groups (broad SMARTS) is 1. The number of hydrogen-bond donors (Lipinski definition) is 2. The number of sulfone groups is 1. The van der Waals surface area contributed by atoms with Crippen molar-refractivity contribution in [1.82, 2.24) is 10.2 Å². The standard InChI is InChI=1S/C18H22FN3O5S/c1-18(2,28(26,27)11-12-6-4-3-5-7-12)15(21-17(24)25)16(23)22-10-13(19)8-14(22)9-20/h3-7,13-15,21H,8,10-11H2,1-2H3,(H,24,25)/t13-,14-,15?/m0/s1. The van der Waals surface area contributed by atoms with Gasteiger partial charge in [0.05, 0.1) is 23.1 Å². The smallest absolute Gasteiger partial charge is 0.405 e. The van der Waals surface area contributed by atoms with Crippen LogP contribution in [0.25, 0.3) is 0 Å². The van der Waals surface area contributed by atoms with E-state index in [0.717, 1.165) is 4.90 Å². The van der Waals surface area contributed by atoms with E-state index in [-0.39, 0.29) is 13.0 Å². The summed E-state index contributed by atoms with van der Waals surface area (Å²) in [6, 6.07) is 7.30. The molecule has 0 aromatic heterocycles. The van der Waals surface area contributed by atoms with E-state index in [1.54, 1.807) is 36.4 Å². The number of carbonyl (C=O) groups is 2. The van der Waals surface area contributed by atoms with E-state index < -0.39 is 50.6 Å². The van der Waals surface area contributed by atoms with Crippen LogP contribution in [0.15, 0.2) is 30.3 Å². The molecular weight excluding hydrogens is 389 g/mol. The van der Waals surface area contributed by atoms with Gasteiger partial charge in [-0.05, 0) is 19.4 Å². The number of carbonyl (C=O) groups excluding carboxylic acids is 1. The molecule has 1 unspecified atom stereocenters. The highest BCUT2D eigenvalue weighted by Crippen LogP contribution is 2.29. The monoisotopic (exact) mass is 411 g/mol. The zero-order valence-electron chi connectivity index (χ0n) is 15.5. The molecule has 0 saturated carbocycles. The van der Waals surface area contributed by atoms with Gasteiger partial charge in [0.15, 0.2) is 9.84 Å². The lowest BCUT2D eigenvalue weighted by atomic mass is 10.0. The molecule has 1 fully saturated rings. The van der Waals surface area contributed by atoms with Crippen molar-refractivity contribution in [3.05, 3.63) is 35.9 Å². The average Bonchev–Trinajstić information content (AvgIpc) is 3.00. The van der Waals surface area contributed by atoms with Crippen LogP contribution in [0.5, 0.6) is 0 Å². The second kappa shape index (κ2) is 8.14. The number of likely N-dealkylation sites (tertiary alicyclic amines) is 1. The number of halogens is 1. The number of nitrogens with one attached hydrogen (secondary N) is 1. The molecule has 1 aromatic rings. The maximum atomic E-state index is 13.7. The first kappa shape index (κ1) is 21.6. The maximum absolute atomic E-state index is 13.7. The SMILES string of the molecule is CC(C)(C(NC(=O)O)C(=O)N1C[C@@H](F)C[C@H]1C#N)S(=O)(=O)Cc1ccccc1. The van der Waals surface area contributed by atoms with Gasteiger partial charge in [0, 0.05) is 6.42 Å². The van der Waals surface area contributed by atoms with Crippen molar-refractivity contribution in [1.29, 1.82) is 5.26 Å². The van der Waals surface area contributed by atoms with Gasteiger partial charge in [-0.3, -0.25) is 4.79 Å². The summed E-state index contributed by atoms with van der Waals surface area (Å²) in [4.78, 5) is 25.1. The molecule has 0 spiro atoms. The van der Waals surface area contributed by atoms with Gasteiger partial charge in [-0.2, -0.15) is 5.26 Å². The van der Waals surface area contributed by atoms with E-state index in [0.29, 0.717) is 5.56 Å². The molecule has 2 N–H and O–H groups in total. The molecule has 28 heavy (non-hydrogen) atoms. The molecule has 0 radical (unpaired) electrons. The molecule has 10 heteroatoms. The lowest BCUT2D eigenvalue weighted by Gasteiger charge is -2.35. The van der Waals surface area contributed by atoms with Gasteiger partial charge in [0.25, 0.3) is 0 Å². The number of alkyl halides is 1. The number of rotatable bonds is 6. The molecule has 1 aromatic carbocycles. The number of amides is 2. The Kier molecular flexibility index (Phi) is 6.29. The Morgan fingerprint density at radius 1 is 1.39 bits per heavy atom. The molecule has 1 aliphatic heterocycles. The van der Waals surface area contributed by atoms with E-state index in [1.165, 1.54) is 13.8 Å². The van der Waals surface area contributed by atoms with Gasteiger partial charge in [0.1, 0.15) is 18.3 Å². The van der Waals surface area contributed by atoms with Crippen LogP contribution in [0.3, 0.4) is 0 Å². The van der Waals surface area contributed by atoms with Crippen LogP contribution in [-0.2, 0) is 20.4 Å². The summed E-state index contributed by atoms with van der Waals surface area (Å²) in [7, 11) is -4.02. The van der Waals surface area contributed by atoms with Crippen LogP contribution in [0.1, 0.15) is 25.8 Å². The molecule has 0 aliphatic carbocycles. The van der Waals surface area contributed by atoms with Crippen LogP contribution in [0.4, 0.5) is 9.18 Å². The molecule has 1 aliphatic rings. The zero-order valence-corrected chi connectivity index (χ0v) is 16.3. The Hall–Kier alpha value is -2.67. The molecule has 1 saturated heterocycles. The van der Waals surface area contributed by atoms with Crippen molar-refractivity contribution >= 4 is 21.8 Å². The van der Waals surface area contributed by atoms with Crippen LogP contribution in [0.2, 0.25) is 0 Å². The van der Waals surface area contributed by atoms with Gasteiger partial charge in [-0.1, -0.05) is 30.3 Å². The summed E-state index contributed by atoms with van der Waals surface area (Å²) in [6.45, 7) is 2.10. The van der Waals surface area contributed by atoms with E-state index in [1.807, 2.05) is 5.32 Å². The molecule has 3 atom stereocenters. The molecule has 2 rings (SSSR count). The average molecular weight is 411 g/mol. The fraction of sp³-hybridized carbons (Fsp3) is 0.500. The molecular formula is C18H22FN3O5S. The highest BCUT2D eigenvalue weighted by molar-refractivity contribution is 7.92. The molecule has 0 bridgehead atoms. The van der Waals surface area contributed by atoms with Gasteiger partial charge in [-0.15, -0.1) is 0 Å². The van der Waals surface area contributed by atoms with Crippen molar-refractivity contribution < 1.29 is 27.5 Å². The first-order valence-electron chi connectivity index (χ1n) is 8.59. The fourth-order valence-corrected chi connectivity index (χ4v) is 4.65. The minimum atomic E-state index is -4.02. The summed E-state index contributed by atoms with van der Waals surface area (Å²) < 4.78 is 37.9. The second-order valence-corrected chi connectivity index (χ2v) is 9.77. The molecule has 152 valence electrons. The van der Waals surface area contributed by atoms with Crippen LogP contribution in [-0.4, -0.2) is 60.0 Å². The highest BCUT2D eigenvalue weighted by Gasteiger charge is 2.50. The van der Waals surface area contributed by atoms with Gasteiger partial charge in [0.2, 0.25) is 5.91 Å². The minimum absolute atomic E-state index is 0.195. The highest BCUT2D eigenvalue weighted by atomic mass is 32.2. The third-order valence-electron chi connectivity index (χ3n) is 4.89. The lowest BCUT2D eigenvalue weighted by molar-refractivity contribution is -0.134. The topological polar surface area (TPSA) is 128 Å². The minimum Gasteiger partial charge on any atom is -0.465 e. The van der Waals surface area contributed by atoms with Crippen molar-refractivity contribution in [3.8, 4) is 6.07 Å². The van der Waals surface area contributed by atoms with Crippen molar-refractivity contribution in [2.45, 2.75) is 49.0 Å². The molecule has 8 nitrogen and oxygen atoms in total. The third kappa shape index (κ3) is 4.42. The molecule has 2 amide bonds. The largest absolute Gasteiger partial charge is 0.465 e. The first-order valence-corrected chi connectivity index (χ1v) is 10.2. The summed E-state index contributed by atoms with van der Waals surface area (Å²) >= 11 is 0.